The number of aromatic nitrogens is 2. The van der Waals surface area contributed by atoms with Crippen LogP contribution in [0.4, 0.5) is 17.3 Å². The first kappa shape index (κ1) is 17.5. The van der Waals surface area contributed by atoms with Crippen LogP contribution in [-0.4, -0.2) is 23.2 Å². The fourth-order valence-corrected chi connectivity index (χ4v) is 3.56. The van der Waals surface area contributed by atoms with Gasteiger partial charge in [-0.05, 0) is 41.7 Å². The van der Waals surface area contributed by atoms with E-state index in [1.807, 2.05) is 31.3 Å². The van der Waals surface area contributed by atoms with E-state index in [1.165, 1.54) is 11.3 Å². The summed E-state index contributed by atoms with van der Waals surface area (Å²) >= 11 is 5.92. The normalized spacial score (nSPS) is 16.0. The Morgan fingerprint density at radius 1 is 1.15 bits per heavy atom. The van der Waals surface area contributed by atoms with E-state index in [0.717, 1.165) is 29.2 Å². The Labute approximate surface area is 163 Å². The minimum absolute atomic E-state index is 0.358. The van der Waals surface area contributed by atoms with Gasteiger partial charge in [0.15, 0.2) is 5.82 Å². The zero-order valence-electron chi connectivity index (χ0n) is 15.2. The van der Waals surface area contributed by atoms with Gasteiger partial charge in [-0.3, -0.25) is 5.43 Å². The monoisotopic (exact) mass is 377 g/mol. The van der Waals surface area contributed by atoms with Crippen LogP contribution in [0.1, 0.15) is 29.5 Å². The highest BCUT2D eigenvalue weighted by atomic mass is 35.5. The standard InChI is InChI=1S/C21H20ClN5/c1-14-11-18-20(26-25-12-15-7-9-16(22)10-8-15)23-13-24-21(18)27(2)19-6-4-3-5-17(14)19/h3-10,12-14H,11H2,1-2H3,(H,23,24,26)/b25-12+. The van der Waals surface area contributed by atoms with Gasteiger partial charge in [-0.15, -0.1) is 0 Å². The molecule has 1 aromatic heterocycles. The van der Waals surface area contributed by atoms with E-state index >= 15 is 0 Å². The molecule has 0 fully saturated rings. The predicted octanol–water partition coefficient (Wildman–Crippen LogP) is 5.00. The molecule has 2 aromatic carbocycles. The number of hydrazone groups is 1. The maximum absolute atomic E-state index is 5.92. The second-order valence-electron chi connectivity index (χ2n) is 6.67. The Morgan fingerprint density at radius 2 is 1.93 bits per heavy atom. The summed E-state index contributed by atoms with van der Waals surface area (Å²) in [6.07, 6.45) is 4.17. The summed E-state index contributed by atoms with van der Waals surface area (Å²) in [6.45, 7) is 2.23. The molecular weight excluding hydrogens is 358 g/mol. The molecule has 0 amide bonds. The van der Waals surface area contributed by atoms with Crippen molar-refractivity contribution < 1.29 is 0 Å². The molecule has 0 aliphatic carbocycles. The molecule has 2 heterocycles. The molecular formula is C21H20ClN5. The van der Waals surface area contributed by atoms with E-state index in [2.05, 4.69) is 56.6 Å². The number of fused-ring (bicyclic) bond motifs is 2. The number of halogens is 1. The van der Waals surface area contributed by atoms with Crippen LogP contribution in [0.25, 0.3) is 0 Å². The first-order valence-electron chi connectivity index (χ1n) is 8.84. The minimum Gasteiger partial charge on any atom is -0.329 e. The molecule has 5 nitrogen and oxygen atoms in total. The third-order valence-electron chi connectivity index (χ3n) is 4.83. The third-order valence-corrected chi connectivity index (χ3v) is 5.09. The lowest BCUT2D eigenvalue weighted by molar-refractivity contribution is 0.765. The Bertz CT molecular complexity index is 984. The van der Waals surface area contributed by atoms with Gasteiger partial charge in [0.05, 0.1) is 6.21 Å². The van der Waals surface area contributed by atoms with Crippen molar-refractivity contribution in [3.05, 3.63) is 76.6 Å². The van der Waals surface area contributed by atoms with Crippen molar-refractivity contribution in [1.82, 2.24) is 9.97 Å². The van der Waals surface area contributed by atoms with Crippen LogP contribution in [-0.2, 0) is 6.42 Å². The van der Waals surface area contributed by atoms with Crippen molar-refractivity contribution in [2.45, 2.75) is 19.3 Å². The predicted molar refractivity (Wildman–Crippen MR) is 111 cm³/mol. The summed E-state index contributed by atoms with van der Waals surface area (Å²) < 4.78 is 0. The molecule has 0 bridgehead atoms. The lowest BCUT2D eigenvalue weighted by atomic mass is 9.94. The van der Waals surface area contributed by atoms with Crippen LogP contribution in [0.15, 0.2) is 60.0 Å². The quantitative estimate of drug-likeness (QED) is 0.515. The number of hydrogen-bond donors (Lipinski definition) is 1. The molecule has 136 valence electrons. The Balaban J connectivity index is 1.65. The van der Waals surface area contributed by atoms with Crippen LogP contribution >= 0.6 is 11.6 Å². The Hall–Kier alpha value is -2.92. The van der Waals surface area contributed by atoms with E-state index < -0.39 is 0 Å². The van der Waals surface area contributed by atoms with Gasteiger partial charge in [-0.2, -0.15) is 5.10 Å². The second-order valence-corrected chi connectivity index (χ2v) is 7.11. The number of hydrogen-bond acceptors (Lipinski definition) is 5. The summed E-state index contributed by atoms with van der Waals surface area (Å²) in [5.41, 5.74) is 7.61. The average Bonchev–Trinajstić information content (AvgIpc) is 2.80. The molecule has 1 unspecified atom stereocenters. The Morgan fingerprint density at radius 3 is 2.74 bits per heavy atom. The first-order chi connectivity index (χ1) is 13.1. The first-order valence-corrected chi connectivity index (χ1v) is 9.22. The highest BCUT2D eigenvalue weighted by Gasteiger charge is 2.25. The number of nitrogens with zero attached hydrogens (tertiary/aromatic N) is 4. The maximum Gasteiger partial charge on any atom is 0.154 e. The lowest BCUT2D eigenvalue weighted by Gasteiger charge is -2.21. The summed E-state index contributed by atoms with van der Waals surface area (Å²) in [5, 5.41) is 5.06. The van der Waals surface area contributed by atoms with Crippen molar-refractivity contribution >= 4 is 35.1 Å². The number of anilines is 3. The lowest BCUT2D eigenvalue weighted by Crippen LogP contribution is -2.14. The van der Waals surface area contributed by atoms with Crippen LogP contribution in [0.5, 0.6) is 0 Å². The van der Waals surface area contributed by atoms with Crippen molar-refractivity contribution in [1.29, 1.82) is 0 Å². The van der Waals surface area contributed by atoms with Gasteiger partial charge in [-0.25, -0.2) is 9.97 Å². The highest BCUT2D eigenvalue weighted by Crippen LogP contribution is 2.40. The van der Waals surface area contributed by atoms with Crippen molar-refractivity contribution in [3.8, 4) is 0 Å². The fourth-order valence-electron chi connectivity index (χ4n) is 3.43. The van der Waals surface area contributed by atoms with E-state index in [-0.39, 0.29) is 0 Å². The molecule has 0 saturated carbocycles. The molecule has 0 radical (unpaired) electrons. The van der Waals surface area contributed by atoms with Crippen molar-refractivity contribution in [2.24, 2.45) is 5.10 Å². The van der Waals surface area contributed by atoms with E-state index in [9.17, 15) is 0 Å². The molecule has 1 aliphatic rings. The molecule has 1 atom stereocenters. The minimum atomic E-state index is 0.358. The van der Waals surface area contributed by atoms with E-state index in [0.29, 0.717) is 10.9 Å². The topological polar surface area (TPSA) is 53.4 Å². The smallest absolute Gasteiger partial charge is 0.154 e. The molecule has 3 aromatic rings. The van der Waals surface area contributed by atoms with E-state index in [4.69, 9.17) is 11.6 Å². The average molecular weight is 378 g/mol. The van der Waals surface area contributed by atoms with Crippen molar-refractivity contribution in [3.63, 3.8) is 0 Å². The van der Waals surface area contributed by atoms with Crippen molar-refractivity contribution in [2.75, 3.05) is 17.4 Å². The van der Waals surface area contributed by atoms with Gasteiger partial charge in [-0.1, -0.05) is 48.9 Å². The number of benzene rings is 2. The van der Waals surface area contributed by atoms with Gasteiger partial charge >= 0.3 is 0 Å². The molecule has 1 aliphatic heterocycles. The van der Waals surface area contributed by atoms with Gasteiger partial charge in [0, 0.05) is 23.3 Å². The molecule has 0 spiro atoms. The van der Waals surface area contributed by atoms with Gasteiger partial charge in [0.25, 0.3) is 0 Å². The molecule has 27 heavy (non-hydrogen) atoms. The second kappa shape index (κ2) is 7.37. The number of rotatable bonds is 3. The fraction of sp³-hybridized carbons (Fsp3) is 0.190. The Kier molecular flexibility index (Phi) is 4.77. The SMILES string of the molecule is CC1Cc2c(N/N=C/c3ccc(Cl)cc3)ncnc2N(C)c2ccccc21. The maximum atomic E-state index is 5.92. The zero-order valence-corrected chi connectivity index (χ0v) is 16.0. The molecule has 0 saturated heterocycles. The third kappa shape index (κ3) is 3.51. The number of para-hydroxylation sites is 1. The summed E-state index contributed by atoms with van der Waals surface area (Å²) in [4.78, 5) is 11.1. The summed E-state index contributed by atoms with van der Waals surface area (Å²) in [7, 11) is 2.05. The van der Waals surface area contributed by atoms with Crippen LogP contribution < -0.4 is 10.3 Å². The van der Waals surface area contributed by atoms with Crippen LogP contribution in [0.2, 0.25) is 5.02 Å². The van der Waals surface area contributed by atoms with E-state index in [1.54, 1.807) is 12.5 Å². The highest BCUT2D eigenvalue weighted by molar-refractivity contribution is 6.30. The van der Waals surface area contributed by atoms with Crippen LogP contribution in [0, 0.1) is 0 Å². The molecule has 4 rings (SSSR count). The largest absolute Gasteiger partial charge is 0.329 e. The molecule has 6 heteroatoms. The molecule has 1 N–H and O–H groups in total. The van der Waals surface area contributed by atoms with Gasteiger partial charge in [0.1, 0.15) is 12.1 Å². The summed E-state index contributed by atoms with van der Waals surface area (Å²) in [5.74, 6) is 2.00. The van der Waals surface area contributed by atoms with Gasteiger partial charge < -0.3 is 4.90 Å². The number of nitrogens with one attached hydrogen (secondary N) is 1. The van der Waals surface area contributed by atoms with Crippen LogP contribution in [0.3, 0.4) is 0 Å². The summed E-state index contributed by atoms with van der Waals surface area (Å²) in [6, 6.07) is 16.0. The zero-order chi connectivity index (χ0) is 18.8. The van der Waals surface area contributed by atoms with Gasteiger partial charge in [0.2, 0.25) is 0 Å².